The van der Waals surface area contributed by atoms with Gasteiger partial charge < -0.3 is 10.1 Å². The molecule has 1 N–H and O–H groups in total. The maximum absolute atomic E-state index is 12.2. The molecule has 0 saturated carbocycles. The summed E-state index contributed by atoms with van der Waals surface area (Å²) in [7, 11) is 0. The molecule has 0 saturated heterocycles. The van der Waals surface area contributed by atoms with Gasteiger partial charge in [0.25, 0.3) is 5.91 Å². The Morgan fingerprint density at radius 1 is 1.14 bits per heavy atom. The minimum atomic E-state index is -0.107. The lowest BCUT2D eigenvalue weighted by Crippen LogP contribution is -2.26. The van der Waals surface area contributed by atoms with Gasteiger partial charge in [-0.1, -0.05) is 30.7 Å². The molecule has 0 fully saturated rings. The topological polar surface area (TPSA) is 38.3 Å². The Morgan fingerprint density at radius 3 is 2.36 bits per heavy atom. The quantitative estimate of drug-likeness (QED) is 0.844. The van der Waals surface area contributed by atoms with E-state index in [2.05, 4.69) is 12.2 Å². The second kappa shape index (κ2) is 7.85. The van der Waals surface area contributed by atoms with Crippen molar-refractivity contribution in [3.8, 4) is 5.75 Å². The van der Waals surface area contributed by atoms with Gasteiger partial charge in [0.2, 0.25) is 0 Å². The van der Waals surface area contributed by atoms with Crippen LogP contribution in [0.1, 0.15) is 42.2 Å². The number of hydrogen-bond donors (Lipinski definition) is 1. The highest BCUT2D eigenvalue weighted by Gasteiger charge is 2.11. The van der Waals surface area contributed by atoms with Crippen LogP contribution in [0.3, 0.4) is 0 Å². The lowest BCUT2D eigenvalue weighted by molar-refractivity contribution is 0.0940. The lowest BCUT2D eigenvalue weighted by atomic mass is 10.1. The Kier molecular flexibility index (Phi) is 5.84. The monoisotopic (exact) mass is 317 g/mol. The third-order valence-corrected chi connectivity index (χ3v) is 3.56. The number of halogens is 1. The predicted molar refractivity (Wildman–Crippen MR) is 89.6 cm³/mol. The molecular weight excluding hydrogens is 298 g/mol. The van der Waals surface area contributed by atoms with Crippen molar-refractivity contribution in [1.82, 2.24) is 5.32 Å². The lowest BCUT2D eigenvalue weighted by Gasteiger charge is -2.14. The van der Waals surface area contributed by atoms with Gasteiger partial charge >= 0.3 is 0 Å². The zero-order valence-electron chi connectivity index (χ0n) is 12.8. The van der Waals surface area contributed by atoms with E-state index in [0.717, 1.165) is 17.7 Å². The molecule has 116 valence electrons. The first-order valence-electron chi connectivity index (χ1n) is 7.39. The number of carbonyl (C=O) groups is 1. The summed E-state index contributed by atoms with van der Waals surface area (Å²) >= 11 is 5.87. The zero-order valence-corrected chi connectivity index (χ0v) is 13.6. The first-order chi connectivity index (χ1) is 10.6. The van der Waals surface area contributed by atoms with Crippen LogP contribution in [0.4, 0.5) is 0 Å². The summed E-state index contributed by atoms with van der Waals surface area (Å²) in [5, 5.41) is 3.66. The fraction of sp³-hybridized carbons (Fsp3) is 0.278. The van der Waals surface area contributed by atoms with E-state index in [1.54, 1.807) is 12.1 Å². The summed E-state index contributed by atoms with van der Waals surface area (Å²) in [6, 6.07) is 14.6. The Bertz CT molecular complexity index is 608. The van der Waals surface area contributed by atoms with E-state index in [1.807, 2.05) is 43.3 Å². The summed E-state index contributed by atoms with van der Waals surface area (Å²) in [4.78, 5) is 12.2. The molecule has 3 nitrogen and oxygen atoms in total. The van der Waals surface area contributed by atoms with Gasteiger partial charge in [-0.05, 0) is 55.3 Å². The molecule has 0 heterocycles. The van der Waals surface area contributed by atoms with E-state index >= 15 is 0 Å². The first-order valence-corrected chi connectivity index (χ1v) is 7.77. The van der Waals surface area contributed by atoms with Crippen LogP contribution in [0, 0.1) is 0 Å². The van der Waals surface area contributed by atoms with Gasteiger partial charge in [-0.2, -0.15) is 0 Å². The number of amides is 1. The molecule has 0 aliphatic carbocycles. The van der Waals surface area contributed by atoms with Crippen molar-refractivity contribution in [2.45, 2.75) is 26.3 Å². The number of benzene rings is 2. The fourth-order valence-corrected chi connectivity index (χ4v) is 2.16. The maximum Gasteiger partial charge on any atom is 0.251 e. The van der Waals surface area contributed by atoms with Crippen LogP contribution in [0.25, 0.3) is 0 Å². The summed E-state index contributed by atoms with van der Waals surface area (Å²) in [6.45, 7) is 4.68. The molecule has 0 radical (unpaired) electrons. The third-order valence-electron chi connectivity index (χ3n) is 3.31. The van der Waals surface area contributed by atoms with Gasteiger partial charge in [0.05, 0.1) is 12.6 Å². The summed E-state index contributed by atoms with van der Waals surface area (Å²) in [5.74, 6) is 0.675. The summed E-state index contributed by atoms with van der Waals surface area (Å²) < 4.78 is 5.51. The number of ether oxygens (including phenoxy) is 1. The molecule has 1 unspecified atom stereocenters. The number of carbonyl (C=O) groups excluding carboxylic acids is 1. The first kappa shape index (κ1) is 16.4. The van der Waals surface area contributed by atoms with Gasteiger partial charge in [-0.15, -0.1) is 0 Å². The molecule has 4 heteroatoms. The average molecular weight is 318 g/mol. The molecule has 0 aromatic heterocycles. The largest absolute Gasteiger partial charge is 0.494 e. The molecule has 0 bridgehead atoms. The van der Waals surface area contributed by atoms with Crippen LogP contribution in [0.5, 0.6) is 5.75 Å². The molecular formula is C18H20ClNO2. The van der Waals surface area contributed by atoms with Gasteiger partial charge in [0.1, 0.15) is 5.75 Å². The second-order valence-corrected chi connectivity index (χ2v) is 5.56. The van der Waals surface area contributed by atoms with Gasteiger partial charge in [0.15, 0.2) is 0 Å². The van der Waals surface area contributed by atoms with Gasteiger partial charge in [0, 0.05) is 10.6 Å². The van der Waals surface area contributed by atoms with Crippen molar-refractivity contribution < 1.29 is 9.53 Å². The van der Waals surface area contributed by atoms with E-state index in [0.29, 0.717) is 17.2 Å². The molecule has 1 atom stereocenters. The second-order valence-electron chi connectivity index (χ2n) is 5.12. The van der Waals surface area contributed by atoms with Gasteiger partial charge in [-0.3, -0.25) is 4.79 Å². The molecule has 2 aromatic carbocycles. The average Bonchev–Trinajstić information content (AvgIpc) is 2.54. The van der Waals surface area contributed by atoms with Crippen molar-refractivity contribution in [3.63, 3.8) is 0 Å². The van der Waals surface area contributed by atoms with E-state index < -0.39 is 0 Å². The third kappa shape index (κ3) is 4.50. The number of rotatable bonds is 6. The predicted octanol–water partition coefficient (Wildman–Crippen LogP) is 4.62. The highest BCUT2D eigenvalue weighted by atomic mass is 35.5. The van der Waals surface area contributed by atoms with Crippen molar-refractivity contribution in [2.24, 2.45) is 0 Å². The normalized spacial score (nSPS) is 11.8. The van der Waals surface area contributed by atoms with Crippen molar-refractivity contribution in [2.75, 3.05) is 6.61 Å². The smallest absolute Gasteiger partial charge is 0.251 e. The minimum Gasteiger partial charge on any atom is -0.494 e. The zero-order chi connectivity index (χ0) is 15.9. The van der Waals surface area contributed by atoms with E-state index in [-0.39, 0.29) is 11.9 Å². The van der Waals surface area contributed by atoms with Crippen LogP contribution in [0.15, 0.2) is 48.5 Å². The molecule has 0 spiro atoms. The Morgan fingerprint density at radius 2 is 1.77 bits per heavy atom. The van der Waals surface area contributed by atoms with Crippen LogP contribution in [-0.4, -0.2) is 12.5 Å². The highest BCUT2D eigenvalue weighted by Crippen LogP contribution is 2.17. The Labute approximate surface area is 136 Å². The SMILES string of the molecule is CCCOc1ccc(C(=O)NC(C)c2ccc(Cl)cc2)cc1. The van der Waals surface area contributed by atoms with Crippen LogP contribution < -0.4 is 10.1 Å². The number of nitrogens with one attached hydrogen (secondary N) is 1. The standard InChI is InChI=1S/C18H20ClNO2/c1-3-12-22-17-10-6-15(7-11-17)18(21)20-13(2)14-4-8-16(19)9-5-14/h4-11,13H,3,12H2,1-2H3,(H,20,21). The van der Waals surface area contributed by atoms with Crippen LogP contribution in [-0.2, 0) is 0 Å². The maximum atomic E-state index is 12.2. The molecule has 22 heavy (non-hydrogen) atoms. The summed E-state index contributed by atoms with van der Waals surface area (Å²) in [5.41, 5.74) is 1.63. The van der Waals surface area contributed by atoms with Gasteiger partial charge in [-0.25, -0.2) is 0 Å². The van der Waals surface area contributed by atoms with Crippen molar-refractivity contribution >= 4 is 17.5 Å². The highest BCUT2D eigenvalue weighted by molar-refractivity contribution is 6.30. The Hall–Kier alpha value is -2.00. The van der Waals surface area contributed by atoms with Crippen LogP contribution in [0.2, 0.25) is 5.02 Å². The Balaban J connectivity index is 1.97. The van der Waals surface area contributed by atoms with Crippen molar-refractivity contribution in [3.05, 3.63) is 64.7 Å². The molecule has 0 aliphatic heterocycles. The van der Waals surface area contributed by atoms with E-state index in [1.165, 1.54) is 0 Å². The van der Waals surface area contributed by atoms with Crippen molar-refractivity contribution in [1.29, 1.82) is 0 Å². The fourth-order valence-electron chi connectivity index (χ4n) is 2.04. The minimum absolute atomic E-state index is 0.0826. The summed E-state index contributed by atoms with van der Waals surface area (Å²) in [6.07, 6.45) is 0.959. The van der Waals surface area contributed by atoms with E-state index in [4.69, 9.17) is 16.3 Å². The number of hydrogen-bond acceptors (Lipinski definition) is 2. The molecule has 2 aromatic rings. The molecule has 1 amide bonds. The van der Waals surface area contributed by atoms with Crippen LogP contribution >= 0.6 is 11.6 Å². The molecule has 0 aliphatic rings. The van der Waals surface area contributed by atoms with E-state index in [9.17, 15) is 4.79 Å². The molecule has 2 rings (SSSR count).